The molecule has 2 aliphatic heterocycles. The van der Waals surface area contributed by atoms with Crippen LogP contribution in [0.4, 0.5) is 0 Å². The number of imidazole rings is 1. The quantitative estimate of drug-likeness (QED) is 0.852. The molecule has 132 valence electrons. The van der Waals surface area contributed by atoms with Crippen LogP contribution in [0.5, 0.6) is 0 Å². The van der Waals surface area contributed by atoms with Crippen LogP contribution in [-0.4, -0.2) is 46.7 Å². The van der Waals surface area contributed by atoms with Gasteiger partial charge in [0.1, 0.15) is 5.82 Å². The molecule has 3 fully saturated rings. The minimum absolute atomic E-state index is 0.318. The molecule has 5 heteroatoms. The molecule has 1 aromatic heterocycles. The summed E-state index contributed by atoms with van der Waals surface area (Å²) in [5.74, 6) is 3.08. The number of hydrogen-bond acceptors (Lipinski definition) is 3. The van der Waals surface area contributed by atoms with E-state index in [1.54, 1.807) is 0 Å². The Morgan fingerprint density at radius 3 is 2.62 bits per heavy atom. The van der Waals surface area contributed by atoms with Gasteiger partial charge in [0.05, 0.1) is 0 Å². The molecule has 3 heterocycles. The molecule has 0 aromatic carbocycles. The molecule has 4 rings (SSSR count). The molecule has 2 saturated heterocycles. The molecule has 1 aliphatic carbocycles. The van der Waals surface area contributed by atoms with Crippen molar-refractivity contribution in [1.29, 1.82) is 0 Å². The number of ether oxygens (including phenoxy) is 1. The Morgan fingerprint density at radius 1 is 1.21 bits per heavy atom. The van der Waals surface area contributed by atoms with Crippen LogP contribution in [0.2, 0.25) is 0 Å². The number of likely N-dealkylation sites (tertiary alicyclic amines) is 1. The van der Waals surface area contributed by atoms with E-state index in [4.69, 9.17) is 9.72 Å². The average Bonchev–Trinajstić information content (AvgIpc) is 3.21. The smallest absolute Gasteiger partial charge is 0.225 e. The molecule has 1 amide bonds. The van der Waals surface area contributed by atoms with Crippen molar-refractivity contribution in [3.05, 3.63) is 17.7 Å². The third-order valence-electron chi connectivity index (χ3n) is 6.09. The fourth-order valence-electron chi connectivity index (χ4n) is 4.55. The highest BCUT2D eigenvalue weighted by Gasteiger charge is 2.36. The predicted molar refractivity (Wildman–Crippen MR) is 91.8 cm³/mol. The highest BCUT2D eigenvalue weighted by Crippen LogP contribution is 2.31. The van der Waals surface area contributed by atoms with E-state index in [-0.39, 0.29) is 0 Å². The van der Waals surface area contributed by atoms with Crippen molar-refractivity contribution < 1.29 is 9.53 Å². The van der Waals surface area contributed by atoms with Gasteiger partial charge >= 0.3 is 0 Å². The van der Waals surface area contributed by atoms with E-state index in [2.05, 4.69) is 16.4 Å². The molecule has 1 aromatic rings. The number of carbonyl (C=O) groups excluding carboxylic acids is 1. The van der Waals surface area contributed by atoms with Crippen LogP contribution in [0.3, 0.4) is 0 Å². The van der Waals surface area contributed by atoms with Crippen molar-refractivity contribution in [2.75, 3.05) is 26.3 Å². The second-order valence-corrected chi connectivity index (χ2v) is 7.85. The van der Waals surface area contributed by atoms with Gasteiger partial charge in [0.2, 0.25) is 5.91 Å². The summed E-state index contributed by atoms with van der Waals surface area (Å²) in [5, 5.41) is 0. The largest absolute Gasteiger partial charge is 0.381 e. The van der Waals surface area contributed by atoms with Crippen LogP contribution in [0, 0.1) is 18.8 Å². The van der Waals surface area contributed by atoms with Crippen LogP contribution in [0.15, 0.2) is 6.20 Å². The minimum Gasteiger partial charge on any atom is -0.381 e. The van der Waals surface area contributed by atoms with Crippen molar-refractivity contribution >= 4 is 5.91 Å². The summed E-state index contributed by atoms with van der Waals surface area (Å²) in [6.45, 7) is 6.72. The van der Waals surface area contributed by atoms with Crippen molar-refractivity contribution in [1.82, 2.24) is 14.5 Å². The number of nitrogens with zero attached hydrogens (tertiary/aromatic N) is 3. The van der Waals surface area contributed by atoms with Crippen LogP contribution in [0.25, 0.3) is 0 Å². The first kappa shape index (κ1) is 16.1. The second-order valence-electron chi connectivity index (χ2n) is 7.85. The van der Waals surface area contributed by atoms with E-state index in [1.807, 2.05) is 6.20 Å². The highest BCUT2D eigenvalue weighted by atomic mass is 16.5. The number of amides is 1. The topological polar surface area (TPSA) is 47.4 Å². The van der Waals surface area contributed by atoms with Gasteiger partial charge in [0.15, 0.2) is 0 Å². The molecule has 0 radical (unpaired) electrons. The monoisotopic (exact) mass is 331 g/mol. The third kappa shape index (κ3) is 3.10. The average molecular weight is 331 g/mol. The Bertz CT molecular complexity index is 579. The molecule has 1 saturated carbocycles. The van der Waals surface area contributed by atoms with Crippen LogP contribution < -0.4 is 0 Å². The Labute approximate surface area is 144 Å². The van der Waals surface area contributed by atoms with E-state index in [0.29, 0.717) is 23.7 Å². The third-order valence-corrected chi connectivity index (χ3v) is 6.09. The summed E-state index contributed by atoms with van der Waals surface area (Å²) < 4.78 is 7.89. The Balaban J connectivity index is 1.35. The summed E-state index contributed by atoms with van der Waals surface area (Å²) >= 11 is 0. The molecular weight excluding hydrogens is 302 g/mol. The van der Waals surface area contributed by atoms with Gasteiger partial charge in [-0.15, -0.1) is 0 Å². The second kappa shape index (κ2) is 6.87. The van der Waals surface area contributed by atoms with Crippen LogP contribution in [-0.2, 0) is 16.1 Å². The maximum absolute atomic E-state index is 12.4. The summed E-state index contributed by atoms with van der Waals surface area (Å²) in [6.07, 6.45) is 8.83. The Morgan fingerprint density at radius 2 is 1.92 bits per heavy atom. The predicted octanol–water partition coefficient (Wildman–Crippen LogP) is 2.73. The molecule has 0 N–H and O–H groups in total. The first-order valence-corrected chi connectivity index (χ1v) is 9.61. The van der Waals surface area contributed by atoms with Gasteiger partial charge in [-0.2, -0.15) is 0 Å². The number of carbonyl (C=O) groups is 1. The SMILES string of the molecule is Cc1cnc(C2CCOCC2)n1CC1CN(C(=O)C2CCCC2)C1. The van der Waals surface area contributed by atoms with Crippen molar-refractivity contribution in [2.45, 2.75) is 57.9 Å². The lowest BCUT2D eigenvalue weighted by molar-refractivity contribution is -0.142. The minimum atomic E-state index is 0.318. The molecule has 5 nitrogen and oxygen atoms in total. The van der Waals surface area contributed by atoms with Gasteiger partial charge in [-0.05, 0) is 32.6 Å². The van der Waals surface area contributed by atoms with E-state index in [0.717, 1.165) is 58.5 Å². The van der Waals surface area contributed by atoms with Crippen molar-refractivity contribution in [2.24, 2.45) is 11.8 Å². The summed E-state index contributed by atoms with van der Waals surface area (Å²) in [7, 11) is 0. The van der Waals surface area contributed by atoms with Gasteiger partial charge in [0.25, 0.3) is 0 Å². The first-order chi connectivity index (χ1) is 11.7. The Hall–Kier alpha value is -1.36. The van der Waals surface area contributed by atoms with Gasteiger partial charge in [0, 0.05) is 62.5 Å². The van der Waals surface area contributed by atoms with E-state index >= 15 is 0 Å². The number of hydrogen-bond donors (Lipinski definition) is 0. The van der Waals surface area contributed by atoms with Crippen molar-refractivity contribution in [3.8, 4) is 0 Å². The number of rotatable bonds is 4. The molecule has 0 unspecified atom stereocenters. The van der Waals surface area contributed by atoms with Gasteiger partial charge in [-0.3, -0.25) is 4.79 Å². The fourth-order valence-corrected chi connectivity index (χ4v) is 4.55. The standard InChI is InChI=1S/C19H29N3O2/c1-14-10-20-18(16-6-8-24-9-7-16)22(14)13-15-11-21(12-15)19(23)17-4-2-3-5-17/h10,15-17H,2-9,11-13H2,1H3. The van der Waals surface area contributed by atoms with Crippen LogP contribution >= 0.6 is 0 Å². The highest BCUT2D eigenvalue weighted by molar-refractivity contribution is 5.79. The van der Waals surface area contributed by atoms with Gasteiger partial charge < -0.3 is 14.2 Å². The lowest BCUT2D eigenvalue weighted by Gasteiger charge is -2.41. The van der Waals surface area contributed by atoms with Crippen LogP contribution in [0.1, 0.15) is 56.0 Å². The zero-order chi connectivity index (χ0) is 16.5. The fraction of sp³-hybridized carbons (Fsp3) is 0.789. The molecule has 0 atom stereocenters. The zero-order valence-electron chi connectivity index (χ0n) is 14.7. The lowest BCUT2D eigenvalue weighted by Crippen LogP contribution is -2.53. The molecule has 3 aliphatic rings. The lowest BCUT2D eigenvalue weighted by atomic mass is 9.95. The zero-order valence-corrected chi connectivity index (χ0v) is 14.7. The summed E-state index contributed by atoms with van der Waals surface area (Å²) in [4.78, 5) is 19.2. The number of aryl methyl sites for hydroxylation is 1. The van der Waals surface area contributed by atoms with Gasteiger partial charge in [-0.25, -0.2) is 4.98 Å². The van der Waals surface area contributed by atoms with E-state index in [9.17, 15) is 4.79 Å². The Kier molecular flexibility index (Phi) is 4.61. The van der Waals surface area contributed by atoms with E-state index in [1.165, 1.54) is 24.4 Å². The number of aromatic nitrogens is 2. The van der Waals surface area contributed by atoms with Gasteiger partial charge in [-0.1, -0.05) is 12.8 Å². The van der Waals surface area contributed by atoms with E-state index < -0.39 is 0 Å². The maximum Gasteiger partial charge on any atom is 0.225 e. The molecule has 0 spiro atoms. The summed E-state index contributed by atoms with van der Waals surface area (Å²) in [6, 6.07) is 0. The maximum atomic E-state index is 12.4. The molecular formula is C19H29N3O2. The first-order valence-electron chi connectivity index (χ1n) is 9.61. The molecule has 24 heavy (non-hydrogen) atoms. The normalized spacial score (nSPS) is 23.6. The molecule has 0 bridgehead atoms. The summed E-state index contributed by atoms with van der Waals surface area (Å²) in [5.41, 5.74) is 1.25. The van der Waals surface area contributed by atoms with Crippen molar-refractivity contribution in [3.63, 3.8) is 0 Å².